The molecule has 0 fully saturated rings. The first-order valence-electron chi connectivity index (χ1n) is 6.61. The predicted octanol–water partition coefficient (Wildman–Crippen LogP) is 4.97. The summed E-state index contributed by atoms with van der Waals surface area (Å²) in [5.41, 5.74) is 1.17. The number of nitrogens with one attached hydrogen (secondary N) is 1. The van der Waals surface area contributed by atoms with Crippen LogP contribution in [0.15, 0.2) is 28.7 Å². The number of anilines is 1. The fraction of sp³-hybridized carbons (Fsp3) is 0.133. The summed E-state index contributed by atoms with van der Waals surface area (Å²) in [5.74, 6) is 0.748. The zero-order valence-corrected chi connectivity index (χ0v) is 14.5. The van der Waals surface area contributed by atoms with Gasteiger partial charge in [0, 0.05) is 5.56 Å². The Morgan fingerprint density at radius 1 is 1.17 bits per heavy atom. The van der Waals surface area contributed by atoms with Gasteiger partial charge in [-0.2, -0.15) is 0 Å². The second-order valence-corrected chi connectivity index (χ2v) is 6.79. The lowest BCUT2D eigenvalue weighted by atomic mass is 10.1. The molecule has 8 heteroatoms. The Labute approximate surface area is 146 Å². The Balaban J connectivity index is 1.88. The first kappa shape index (κ1) is 16.0. The SMILES string of the molecule is Cc1nnc(NC(=O)c2cc(-c3ccc(Cl)c(Cl)c3)oc2C)s1. The van der Waals surface area contributed by atoms with Crippen LogP contribution in [0.2, 0.25) is 10.0 Å². The van der Waals surface area contributed by atoms with Crippen molar-refractivity contribution >= 4 is 45.6 Å². The fourth-order valence-corrected chi connectivity index (χ4v) is 2.90. The van der Waals surface area contributed by atoms with E-state index in [4.69, 9.17) is 27.6 Å². The normalized spacial score (nSPS) is 10.8. The highest BCUT2D eigenvalue weighted by molar-refractivity contribution is 7.15. The number of hydrogen-bond acceptors (Lipinski definition) is 5. The number of aryl methyl sites for hydroxylation is 2. The smallest absolute Gasteiger partial charge is 0.261 e. The molecular weight excluding hydrogens is 357 g/mol. The molecule has 0 spiro atoms. The van der Waals surface area contributed by atoms with Crippen LogP contribution in [0.4, 0.5) is 5.13 Å². The maximum atomic E-state index is 12.3. The first-order chi connectivity index (χ1) is 10.9. The number of nitrogens with zero attached hydrogens (tertiary/aromatic N) is 2. The van der Waals surface area contributed by atoms with E-state index in [9.17, 15) is 4.79 Å². The number of amides is 1. The van der Waals surface area contributed by atoms with Crippen LogP contribution in [0.1, 0.15) is 21.1 Å². The molecule has 0 aliphatic heterocycles. The van der Waals surface area contributed by atoms with Crippen LogP contribution < -0.4 is 5.32 Å². The molecule has 0 aliphatic carbocycles. The Morgan fingerprint density at radius 3 is 2.61 bits per heavy atom. The minimum Gasteiger partial charge on any atom is -0.461 e. The Morgan fingerprint density at radius 2 is 1.96 bits per heavy atom. The molecule has 0 saturated heterocycles. The van der Waals surface area contributed by atoms with Crippen molar-refractivity contribution in [3.8, 4) is 11.3 Å². The largest absolute Gasteiger partial charge is 0.461 e. The number of halogens is 2. The molecule has 0 saturated carbocycles. The Hall–Kier alpha value is -1.89. The van der Waals surface area contributed by atoms with Crippen molar-refractivity contribution in [2.24, 2.45) is 0 Å². The second kappa shape index (κ2) is 6.31. The van der Waals surface area contributed by atoms with Gasteiger partial charge in [-0.3, -0.25) is 10.1 Å². The van der Waals surface area contributed by atoms with E-state index in [1.54, 1.807) is 31.2 Å². The van der Waals surface area contributed by atoms with E-state index in [0.717, 1.165) is 10.6 Å². The highest BCUT2D eigenvalue weighted by Crippen LogP contribution is 2.31. The van der Waals surface area contributed by atoms with Crippen molar-refractivity contribution in [2.45, 2.75) is 13.8 Å². The average Bonchev–Trinajstić information content (AvgIpc) is 3.08. The molecule has 2 aromatic heterocycles. The van der Waals surface area contributed by atoms with Crippen LogP contribution in [-0.4, -0.2) is 16.1 Å². The molecule has 0 radical (unpaired) electrons. The molecule has 2 heterocycles. The maximum absolute atomic E-state index is 12.3. The van der Waals surface area contributed by atoms with Crippen molar-refractivity contribution in [3.05, 3.63) is 50.6 Å². The van der Waals surface area contributed by atoms with E-state index >= 15 is 0 Å². The Kier molecular flexibility index (Phi) is 4.39. The number of benzene rings is 1. The number of aromatic nitrogens is 2. The van der Waals surface area contributed by atoms with Gasteiger partial charge >= 0.3 is 0 Å². The van der Waals surface area contributed by atoms with Gasteiger partial charge in [-0.25, -0.2) is 0 Å². The topological polar surface area (TPSA) is 68.0 Å². The lowest BCUT2D eigenvalue weighted by Gasteiger charge is -1.99. The second-order valence-electron chi connectivity index (χ2n) is 4.79. The minimum atomic E-state index is -0.297. The van der Waals surface area contributed by atoms with Gasteiger partial charge < -0.3 is 4.42 Å². The molecule has 0 atom stereocenters. The van der Waals surface area contributed by atoms with E-state index in [-0.39, 0.29) is 5.91 Å². The lowest BCUT2D eigenvalue weighted by molar-refractivity contribution is 0.102. The Bertz CT molecular complexity index is 889. The standard InChI is InChI=1S/C15H11Cl2N3O2S/c1-7-10(14(21)18-15-20-19-8(2)23-15)6-13(22-7)9-3-4-11(16)12(17)5-9/h3-6H,1-2H3,(H,18,20,21). The molecule has 3 aromatic rings. The van der Waals surface area contributed by atoms with Crippen LogP contribution in [0.25, 0.3) is 11.3 Å². The summed E-state index contributed by atoms with van der Waals surface area (Å²) in [6.07, 6.45) is 0. The van der Waals surface area contributed by atoms with Crippen molar-refractivity contribution < 1.29 is 9.21 Å². The summed E-state index contributed by atoms with van der Waals surface area (Å²) < 4.78 is 5.66. The van der Waals surface area contributed by atoms with Gasteiger partial charge in [-0.1, -0.05) is 34.5 Å². The maximum Gasteiger partial charge on any atom is 0.261 e. The third-order valence-corrected chi connectivity index (χ3v) is 4.61. The fourth-order valence-electron chi connectivity index (χ4n) is 2.01. The molecule has 0 unspecified atom stereocenters. The molecule has 1 N–H and O–H groups in total. The zero-order valence-electron chi connectivity index (χ0n) is 12.2. The minimum absolute atomic E-state index is 0.297. The van der Waals surface area contributed by atoms with Crippen molar-refractivity contribution in [1.29, 1.82) is 0 Å². The molecule has 1 aromatic carbocycles. The van der Waals surface area contributed by atoms with Crippen molar-refractivity contribution in [3.63, 3.8) is 0 Å². The molecule has 0 aliphatic rings. The van der Waals surface area contributed by atoms with Crippen LogP contribution in [-0.2, 0) is 0 Å². The third-order valence-electron chi connectivity index (χ3n) is 3.11. The summed E-state index contributed by atoms with van der Waals surface area (Å²) >= 11 is 13.2. The summed E-state index contributed by atoms with van der Waals surface area (Å²) in [4.78, 5) is 12.3. The van der Waals surface area contributed by atoms with Crippen molar-refractivity contribution in [2.75, 3.05) is 5.32 Å². The summed E-state index contributed by atoms with van der Waals surface area (Å²) in [6, 6.07) is 6.82. The van der Waals surface area contributed by atoms with Gasteiger partial charge in [0.2, 0.25) is 5.13 Å². The zero-order chi connectivity index (χ0) is 16.6. The number of hydrogen-bond donors (Lipinski definition) is 1. The summed E-state index contributed by atoms with van der Waals surface area (Å²) in [5, 5.41) is 12.5. The van der Waals surface area contributed by atoms with Gasteiger partial charge in [0.25, 0.3) is 5.91 Å². The summed E-state index contributed by atoms with van der Waals surface area (Å²) in [6.45, 7) is 3.54. The number of carbonyl (C=O) groups excluding carboxylic acids is 1. The van der Waals surface area contributed by atoms with E-state index in [1.165, 1.54) is 11.3 Å². The molecule has 3 rings (SSSR count). The quantitative estimate of drug-likeness (QED) is 0.708. The number of carbonyl (C=O) groups is 1. The van der Waals surface area contributed by atoms with E-state index < -0.39 is 0 Å². The van der Waals surface area contributed by atoms with E-state index in [0.29, 0.717) is 32.3 Å². The van der Waals surface area contributed by atoms with E-state index in [1.807, 2.05) is 6.92 Å². The number of rotatable bonds is 3. The van der Waals surface area contributed by atoms with Gasteiger partial charge in [-0.05, 0) is 38.1 Å². The highest BCUT2D eigenvalue weighted by atomic mass is 35.5. The molecule has 118 valence electrons. The molecule has 0 bridgehead atoms. The highest BCUT2D eigenvalue weighted by Gasteiger charge is 2.18. The molecule has 1 amide bonds. The summed E-state index contributed by atoms with van der Waals surface area (Å²) in [7, 11) is 0. The number of furan rings is 1. The van der Waals surface area contributed by atoms with E-state index in [2.05, 4.69) is 15.5 Å². The van der Waals surface area contributed by atoms with Crippen LogP contribution in [0, 0.1) is 13.8 Å². The molecular formula is C15H11Cl2N3O2S. The van der Waals surface area contributed by atoms with Gasteiger partial charge in [-0.15, -0.1) is 10.2 Å². The van der Waals surface area contributed by atoms with Crippen LogP contribution in [0.3, 0.4) is 0 Å². The van der Waals surface area contributed by atoms with Gasteiger partial charge in [0.05, 0.1) is 15.6 Å². The lowest BCUT2D eigenvalue weighted by Crippen LogP contribution is -2.11. The third kappa shape index (κ3) is 3.39. The molecule has 23 heavy (non-hydrogen) atoms. The monoisotopic (exact) mass is 367 g/mol. The van der Waals surface area contributed by atoms with Crippen LogP contribution >= 0.6 is 34.5 Å². The molecule has 5 nitrogen and oxygen atoms in total. The van der Waals surface area contributed by atoms with Crippen molar-refractivity contribution in [1.82, 2.24) is 10.2 Å². The average molecular weight is 368 g/mol. The van der Waals surface area contributed by atoms with Gasteiger partial charge in [0.15, 0.2) is 0 Å². The predicted molar refractivity (Wildman–Crippen MR) is 91.5 cm³/mol. The van der Waals surface area contributed by atoms with Gasteiger partial charge in [0.1, 0.15) is 16.5 Å². The van der Waals surface area contributed by atoms with Crippen LogP contribution in [0.5, 0.6) is 0 Å². The first-order valence-corrected chi connectivity index (χ1v) is 8.18.